The third kappa shape index (κ3) is 3.53. The van der Waals surface area contributed by atoms with Crippen molar-refractivity contribution in [1.29, 1.82) is 0 Å². The van der Waals surface area contributed by atoms with Crippen molar-refractivity contribution >= 4 is 21.8 Å². The molecule has 1 heterocycles. The number of primary sulfonamides is 1. The summed E-state index contributed by atoms with van der Waals surface area (Å²) in [7, 11) is -2.13. The van der Waals surface area contributed by atoms with Crippen molar-refractivity contribution < 1.29 is 13.2 Å². The molecule has 25 heavy (non-hydrogen) atoms. The number of ether oxygens (including phenoxy) is 1. The minimum absolute atomic E-state index is 0.0565. The smallest absolute Gasteiger partial charge is 0.238 e. The Bertz CT molecular complexity index is 981. The van der Waals surface area contributed by atoms with Crippen LogP contribution in [-0.4, -0.2) is 36.5 Å². The first-order valence-corrected chi connectivity index (χ1v) is 9.98. The molecule has 2 N–H and O–H groups in total. The molecule has 130 valence electrons. The number of methoxy groups -OCH3 is 1. The van der Waals surface area contributed by atoms with E-state index in [4.69, 9.17) is 9.88 Å². The first kappa shape index (κ1) is 17.5. The molecule has 0 atom stereocenters. The summed E-state index contributed by atoms with van der Waals surface area (Å²) in [5, 5.41) is 14.3. The largest absolute Gasteiger partial charge is 0.497 e. The molecule has 0 saturated heterocycles. The minimum Gasteiger partial charge on any atom is -0.497 e. The fourth-order valence-electron chi connectivity index (χ4n) is 2.35. The highest BCUT2D eigenvalue weighted by Gasteiger charge is 2.16. The van der Waals surface area contributed by atoms with Crippen molar-refractivity contribution in [2.75, 3.05) is 13.4 Å². The van der Waals surface area contributed by atoms with Crippen LogP contribution in [0.4, 0.5) is 0 Å². The van der Waals surface area contributed by atoms with Gasteiger partial charge in [0.05, 0.1) is 12.0 Å². The number of benzene rings is 2. The average Bonchev–Trinajstić information content (AvgIpc) is 3.05. The molecule has 0 bridgehead atoms. The second-order valence-corrected chi connectivity index (χ2v) is 7.45. The van der Waals surface area contributed by atoms with Gasteiger partial charge in [0.25, 0.3) is 0 Å². The number of rotatable bonds is 5. The van der Waals surface area contributed by atoms with E-state index in [9.17, 15) is 8.42 Å². The Labute approximate surface area is 149 Å². The van der Waals surface area contributed by atoms with Crippen LogP contribution in [0.5, 0.6) is 5.75 Å². The van der Waals surface area contributed by atoms with Crippen molar-refractivity contribution in [2.45, 2.75) is 10.1 Å². The van der Waals surface area contributed by atoms with E-state index in [1.54, 1.807) is 19.2 Å². The van der Waals surface area contributed by atoms with Gasteiger partial charge in [-0.15, -0.1) is 10.2 Å². The summed E-state index contributed by atoms with van der Waals surface area (Å²) >= 11 is 1.44. The van der Waals surface area contributed by atoms with Crippen LogP contribution in [0.1, 0.15) is 0 Å². The van der Waals surface area contributed by atoms with E-state index in [1.165, 1.54) is 23.9 Å². The second kappa shape index (κ2) is 6.87. The number of thioether (sulfide) groups is 1. The quantitative estimate of drug-likeness (QED) is 0.686. The maximum Gasteiger partial charge on any atom is 0.238 e. The van der Waals surface area contributed by atoms with Crippen LogP contribution in [0.2, 0.25) is 0 Å². The van der Waals surface area contributed by atoms with Gasteiger partial charge in [0, 0.05) is 11.3 Å². The van der Waals surface area contributed by atoms with Crippen molar-refractivity contribution in [2.24, 2.45) is 5.14 Å². The first-order chi connectivity index (χ1) is 11.9. The van der Waals surface area contributed by atoms with E-state index >= 15 is 0 Å². The van der Waals surface area contributed by atoms with E-state index in [0.29, 0.717) is 11.0 Å². The van der Waals surface area contributed by atoms with Crippen LogP contribution >= 0.6 is 11.8 Å². The molecule has 3 aromatic rings. The van der Waals surface area contributed by atoms with Crippen molar-refractivity contribution in [1.82, 2.24) is 14.8 Å². The van der Waals surface area contributed by atoms with E-state index < -0.39 is 10.0 Å². The Morgan fingerprint density at radius 2 is 1.68 bits per heavy atom. The number of nitrogens with two attached hydrogens (primary N) is 1. The van der Waals surface area contributed by atoms with Crippen LogP contribution in [0.3, 0.4) is 0 Å². The van der Waals surface area contributed by atoms with Gasteiger partial charge in [-0.2, -0.15) is 0 Å². The number of hydrogen-bond acceptors (Lipinski definition) is 6. The normalized spacial score (nSPS) is 11.5. The fourth-order valence-corrected chi connectivity index (χ4v) is 3.36. The van der Waals surface area contributed by atoms with Gasteiger partial charge in [0.2, 0.25) is 10.0 Å². The molecule has 3 rings (SSSR count). The van der Waals surface area contributed by atoms with Gasteiger partial charge in [-0.1, -0.05) is 11.8 Å². The summed E-state index contributed by atoms with van der Waals surface area (Å²) < 4.78 is 29.9. The molecule has 0 aliphatic heterocycles. The summed E-state index contributed by atoms with van der Waals surface area (Å²) in [6.07, 6.45) is 1.90. The topological polar surface area (TPSA) is 100 Å². The van der Waals surface area contributed by atoms with Crippen LogP contribution in [0.25, 0.3) is 17.1 Å². The zero-order valence-corrected chi connectivity index (χ0v) is 15.2. The number of hydrogen-bond donors (Lipinski definition) is 1. The molecule has 0 aliphatic rings. The maximum atomic E-state index is 11.4. The molecular weight excluding hydrogens is 360 g/mol. The van der Waals surface area contributed by atoms with Crippen LogP contribution in [0.15, 0.2) is 58.6 Å². The molecule has 9 heteroatoms. The molecule has 2 aromatic carbocycles. The van der Waals surface area contributed by atoms with Gasteiger partial charge in [0.15, 0.2) is 11.0 Å². The first-order valence-electron chi connectivity index (χ1n) is 7.21. The average molecular weight is 376 g/mol. The van der Waals surface area contributed by atoms with Crippen LogP contribution < -0.4 is 9.88 Å². The van der Waals surface area contributed by atoms with Gasteiger partial charge in [-0.3, -0.25) is 4.57 Å². The molecule has 7 nitrogen and oxygen atoms in total. The highest BCUT2D eigenvalue weighted by Crippen LogP contribution is 2.28. The summed E-state index contributed by atoms with van der Waals surface area (Å²) in [4.78, 5) is 0.0565. The lowest BCUT2D eigenvalue weighted by atomic mass is 10.2. The maximum absolute atomic E-state index is 11.4. The summed E-state index contributed by atoms with van der Waals surface area (Å²) in [5.41, 5.74) is 1.61. The van der Waals surface area contributed by atoms with Crippen LogP contribution in [-0.2, 0) is 10.0 Å². The SMILES string of the molecule is COc1ccc(-c2nnc(SC)n2-c2ccc(S(N)(=O)=O)cc2)cc1. The lowest BCUT2D eigenvalue weighted by molar-refractivity contribution is 0.415. The molecular formula is C16H16N4O3S2. The van der Waals surface area contributed by atoms with E-state index in [-0.39, 0.29) is 4.90 Å². The summed E-state index contributed by atoms with van der Waals surface area (Å²) in [5.74, 6) is 1.40. The fraction of sp³-hybridized carbons (Fsp3) is 0.125. The molecule has 0 amide bonds. The van der Waals surface area contributed by atoms with E-state index in [0.717, 1.165) is 17.0 Å². The Balaban J connectivity index is 2.10. The minimum atomic E-state index is -3.73. The Hall–Kier alpha value is -2.36. The zero-order chi connectivity index (χ0) is 18.0. The van der Waals surface area contributed by atoms with Crippen molar-refractivity contribution in [3.63, 3.8) is 0 Å². The molecule has 0 unspecified atom stereocenters. The van der Waals surface area contributed by atoms with Gasteiger partial charge in [-0.05, 0) is 54.8 Å². The highest BCUT2D eigenvalue weighted by molar-refractivity contribution is 7.98. The number of aromatic nitrogens is 3. The molecule has 0 saturated carbocycles. The molecule has 0 spiro atoms. The summed E-state index contributed by atoms with van der Waals surface area (Å²) in [6.45, 7) is 0. The molecule has 1 aromatic heterocycles. The second-order valence-electron chi connectivity index (χ2n) is 5.11. The zero-order valence-electron chi connectivity index (χ0n) is 13.6. The molecule has 0 radical (unpaired) electrons. The third-order valence-electron chi connectivity index (χ3n) is 3.59. The van der Waals surface area contributed by atoms with Gasteiger partial charge in [-0.25, -0.2) is 13.6 Å². The molecule has 0 fully saturated rings. The van der Waals surface area contributed by atoms with Gasteiger partial charge < -0.3 is 4.74 Å². The van der Waals surface area contributed by atoms with Crippen molar-refractivity contribution in [3.8, 4) is 22.8 Å². The number of nitrogens with zero attached hydrogens (tertiary/aromatic N) is 3. The Kier molecular flexibility index (Phi) is 4.80. The van der Waals surface area contributed by atoms with Gasteiger partial charge in [0.1, 0.15) is 5.75 Å². The van der Waals surface area contributed by atoms with Crippen molar-refractivity contribution in [3.05, 3.63) is 48.5 Å². The number of sulfonamides is 1. The summed E-state index contributed by atoms with van der Waals surface area (Å²) in [6, 6.07) is 13.8. The molecule has 0 aliphatic carbocycles. The third-order valence-corrected chi connectivity index (χ3v) is 5.15. The van der Waals surface area contributed by atoms with Crippen LogP contribution in [0, 0.1) is 0 Å². The monoisotopic (exact) mass is 376 g/mol. The highest BCUT2D eigenvalue weighted by atomic mass is 32.2. The Morgan fingerprint density at radius 1 is 1.04 bits per heavy atom. The standard InChI is InChI=1S/C16H16N4O3S2/c1-23-13-7-3-11(4-8-13)15-18-19-16(24-2)20(15)12-5-9-14(10-6-12)25(17,21)22/h3-10H,1-2H3,(H2,17,21,22). The van der Waals surface area contributed by atoms with E-state index in [1.807, 2.05) is 35.1 Å². The predicted molar refractivity (Wildman–Crippen MR) is 96.5 cm³/mol. The predicted octanol–water partition coefficient (Wildman–Crippen LogP) is 2.31. The lowest BCUT2D eigenvalue weighted by Gasteiger charge is -2.10. The van der Waals surface area contributed by atoms with Gasteiger partial charge >= 0.3 is 0 Å². The Morgan fingerprint density at radius 3 is 2.20 bits per heavy atom. The van der Waals surface area contributed by atoms with E-state index in [2.05, 4.69) is 10.2 Å². The lowest BCUT2D eigenvalue weighted by Crippen LogP contribution is -2.12.